The summed E-state index contributed by atoms with van der Waals surface area (Å²) in [5, 5.41) is 0. The van der Waals surface area contributed by atoms with Crippen molar-refractivity contribution in [3.63, 3.8) is 0 Å². The topological polar surface area (TPSA) is 42.1 Å². The van der Waals surface area contributed by atoms with Crippen LogP contribution < -0.4 is 10.6 Å². The first kappa shape index (κ1) is 11.2. The number of nitrogens with zero attached hydrogens (tertiary/aromatic N) is 2. The van der Waals surface area contributed by atoms with Crippen LogP contribution in [0.2, 0.25) is 0 Å². The second kappa shape index (κ2) is 5.19. The number of rotatable bonds is 3. The monoisotopic (exact) mass is 219 g/mol. The van der Waals surface area contributed by atoms with E-state index in [4.69, 9.17) is 5.73 Å². The second-order valence-corrected chi connectivity index (χ2v) is 4.83. The molecule has 1 heterocycles. The molecule has 2 rings (SSSR count). The predicted molar refractivity (Wildman–Crippen MR) is 68.5 cm³/mol. The van der Waals surface area contributed by atoms with Gasteiger partial charge in [-0.25, -0.2) is 4.98 Å². The highest BCUT2D eigenvalue weighted by molar-refractivity contribution is 5.45. The summed E-state index contributed by atoms with van der Waals surface area (Å²) in [5.41, 5.74) is 6.36. The lowest BCUT2D eigenvalue weighted by Gasteiger charge is -2.27. The minimum atomic E-state index is 0.731. The van der Waals surface area contributed by atoms with Crippen molar-refractivity contribution in [2.24, 2.45) is 5.92 Å². The summed E-state index contributed by atoms with van der Waals surface area (Å²) in [5.74, 6) is 1.87. The van der Waals surface area contributed by atoms with Crippen LogP contribution in [0, 0.1) is 5.92 Å². The van der Waals surface area contributed by atoms with Crippen LogP contribution in [0.15, 0.2) is 18.3 Å². The maximum atomic E-state index is 5.63. The lowest BCUT2D eigenvalue weighted by atomic mass is 9.89. The molecular formula is C13H21N3. The van der Waals surface area contributed by atoms with Gasteiger partial charge in [-0.05, 0) is 30.9 Å². The summed E-state index contributed by atoms with van der Waals surface area (Å²) in [7, 11) is 2.12. The zero-order valence-corrected chi connectivity index (χ0v) is 10.0. The SMILES string of the molecule is CN(CC1CCCCC1)c1ccc(N)cn1. The molecule has 16 heavy (non-hydrogen) atoms. The molecule has 3 nitrogen and oxygen atoms in total. The Labute approximate surface area is 97.7 Å². The molecule has 0 unspecified atom stereocenters. The van der Waals surface area contributed by atoms with Crippen LogP contribution in [0.1, 0.15) is 32.1 Å². The first-order chi connectivity index (χ1) is 7.75. The molecule has 3 heteroatoms. The molecule has 1 saturated carbocycles. The van der Waals surface area contributed by atoms with Crippen molar-refractivity contribution in [2.75, 3.05) is 24.2 Å². The molecule has 0 bridgehead atoms. The molecule has 1 aromatic heterocycles. The van der Waals surface area contributed by atoms with E-state index in [1.165, 1.54) is 32.1 Å². The molecule has 1 aliphatic rings. The van der Waals surface area contributed by atoms with E-state index in [0.29, 0.717) is 0 Å². The number of aromatic nitrogens is 1. The summed E-state index contributed by atoms with van der Waals surface area (Å²) >= 11 is 0. The van der Waals surface area contributed by atoms with E-state index in [1.807, 2.05) is 12.1 Å². The fourth-order valence-corrected chi connectivity index (χ4v) is 2.47. The molecule has 1 fully saturated rings. The molecule has 1 aromatic rings. The van der Waals surface area contributed by atoms with E-state index < -0.39 is 0 Å². The third-order valence-electron chi connectivity index (χ3n) is 3.42. The summed E-state index contributed by atoms with van der Waals surface area (Å²) in [4.78, 5) is 6.59. The van der Waals surface area contributed by atoms with Crippen molar-refractivity contribution in [3.05, 3.63) is 18.3 Å². The smallest absolute Gasteiger partial charge is 0.128 e. The van der Waals surface area contributed by atoms with Gasteiger partial charge in [0.05, 0.1) is 11.9 Å². The van der Waals surface area contributed by atoms with Crippen molar-refractivity contribution in [2.45, 2.75) is 32.1 Å². The highest BCUT2D eigenvalue weighted by Crippen LogP contribution is 2.25. The number of nitrogens with two attached hydrogens (primary N) is 1. The molecule has 0 amide bonds. The van der Waals surface area contributed by atoms with Gasteiger partial charge >= 0.3 is 0 Å². The molecule has 0 radical (unpaired) electrons. The van der Waals surface area contributed by atoms with Crippen molar-refractivity contribution < 1.29 is 0 Å². The Bertz CT molecular complexity index is 314. The van der Waals surface area contributed by atoms with Crippen LogP contribution in [0.3, 0.4) is 0 Å². The van der Waals surface area contributed by atoms with E-state index in [-0.39, 0.29) is 0 Å². The van der Waals surface area contributed by atoms with Crippen molar-refractivity contribution in [1.29, 1.82) is 0 Å². The van der Waals surface area contributed by atoms with Gasteiger partial charge in [0.1, 0.15) is 5.82 Å². The number of nitrogen functional groups attached to an aromatic ring is 1. The fraction of sp³-hybridized carbons (Fsp3) is 0.615. The molecule has 88 valence electrons. The highest BCUT2D eigenvalue weighted by Gasteiger charge is 2.15. The van der Waals surface area contributed by atoms with E-state index >= 15 is 0 Å². The van der Waals surface area contributed by atoms with Crippen LogP contribution >= 0.6 is 0 Å². The lowest BCUT2D eigenvalue weighted by Crippen LogP contribution is -2.27. The minimum absolute atomic E-state index is 0.731. The number of anilines is 2. The van der Waals surface area contributed by atoms with Gasteiger partial charge in [-0.2, -0.15) is 0 Å². The third kappa shape index (κ3) is 2.87. The van der Waals surface area contributed by atoms with Gasteiger partial charge in [-0.15, -0.1) is 0 Å². The Morgan fingerprint density at radius 3 is 2.69 bits per heavy atom. The molecule has 0 saturated heterocycles. The first-order valence-electron chi connectivity index (χ1n) is 6.18. The Morgan fingerprint density at radius 1 is 1.31 bits per heavy atom. The van der Waals surface area contributed by atoms with Crippen molar-refractivity contribution in [1.82, 2.24) is 4.98 Å². The normalized spacial score (nSPS) is 17.3. The fourth-order valence-electron chi connectivity index (χ4n) is 2.47. The number of pyridine rings is 1. The average Bonchev–Trinajstić information content (AvgIpc) is 2.31. The van der Waals surface area contributed by atoms with Crippen molar-refractivity contribution in [3.8, 4) is 0 Å². The van der Waals surface area contributed by atoms with Gasteiger partial charge in [-0.1, -0.05) is 19.3 Å². The zero-order valence-electron chi connectivity index (χ0n) is 10.0. The number of hydrogen-bond acceptors (Lipinski definition) is 3. The minimum Gasteiger partial charge on any atom is -0.397 e. The van der Waals surface area contributed by atoms with Crippen LogP contribution in [0.4, 0.5) is 11.5 Å². The van der Waals surface area contributed by atoms with Crippen LogP contribution in [-0.2, 0) is 0 Å². The summed E-state index contributed by atoms with van der Waals surface area (Å²) in [6, 6.07) is 3.91. The largest absolute Gasteiger partial charge is 0.397 e. The molecular weight excluding hydrogens is 198 g/mol. The van der Waals surface area contributed by atoms with Crippen LogP contribution in [0.25, 0.3) is 0 Å². The molecule has 0 atom stereocenters. The Balaban J connectivity index is 1.91. The summed E-state index contributed by atoms with van der Waals surface area (Å²) < 4.78 is 0. The zero-order chi connectivity index (χ0) is 11.4. The van der Waals surface area contributed by atoms with Gasteiger partial charge in [0.2, 0.25) is 0 Å². The first-order valence-corrected chi connectivity index (χ1v) is 6.18. The van der Waals surface area contributed by atoms with Crippen LogP contribution in [0.5, 0.6) is 0 Å². The standard InChI is InChI=1S/C13H21N3/c1-16(10-11-5-3-2-4-6-11)13-8-7-12(14)9-15-13/h7-9,11H,2-6,10,14H2,1H3. The molecule has 0 aromatic carbocycles. The third-order valence-corrected chi connectivity index (χ3v) is 3.42. The molecule has 0 aliphatic heterocycles. The predicted octanol–water partition coefficient (Wildman–Crippen LogP) is 2.68. The maximum absolute atomic E-state index is 5.63. The van der Waals surface area contributed by atoms with Gasteiger partial charge in [-0.3, -0.25) is 0 Å². The van der Waals surface area contributed by atoms with E-state index in [0.717, 1.165) is 24.0 Å². The molecule has 0 spiro atoms. The highest BCUT2D eigenvalue weighted by atomic mass is 15.2. The van der Waals surface area contributed by atoms with Gasteiger partial charge in [0.25, 0.3) is 0 Å². The van der Waals surface area contributed by atoms with E-state index in [2.05, 4.69) is 16.9 Å². The van der Waals surface area contributed by atoms with E-state index in [9.17, 15) is 0 Å². The Kier molecular flexibility index (Phi) is 3.65. The number of hydrogen-bond donors (Lipinski definition) is 1. The lowest BCUT2D eigenvalue weighted by molar-refractivity contribution is 0.361. The van der Waals surface area contributed by atoms with Crippen molar-refractivity contribution >= 4 is 11.5 Å². The van der Waals surface area contributed by atoms with E-state index in [1.54, 1.807) is 6.20 Å². The summed E-state index contributed by atoms with van der Waals surface area (Å²) in [6.45, 7) is 1.12. The quantitative estimate of drug-likeness (QED) is 0.850. The maximum Gasteiger partial charge on any atom is 0.128 e. The molecule has 2 N–H and O–H groups in total. The molecule has 1 aliphatic carbocycles. The van der Waals surface area contributed by atoms with Gasteiger partial charge < -0.3 is 10.6 Å². The Morgan fingerprint density at radius 2 is 2.06 bits per heavy atom. The van der Waals surface area contributed by atoms with Crippen LogP contribution in [-0.4, -0.2) is 18.6 Å². The average molecular weight is 219 g/mol. The Hall–Kier alpha value is -1.25. The van der Waals surface area contributed by atoms with Gasteiger partial charge in [0, 0.05) is 13.6 Å². The second-order valence-electron chi connectivity index (χ2n) is 4.83. The summed E-state index contributed by atoms with van der Waals surface area (Å²) in [6.07, 6.45) is 8.69. The van der Waals surface area contributed by atoms with Gasteiger partial charge in [0.15, 0.2) is 0 Å².